The van der Waals surface area contributed by atoms with Crippen LogP contribution in [0.4, 0.5) is 13.2 Å². The van der Waals surface area contributed by atoms with Crippen LogP contribution >= 0.6 is 26.6 Å². The second-order valence-electron chi connectivity index (χ2n) is 3.07. The van der Waals surface area contributed by atoms with Crippen molar-refractivity contribution in [3.8, 4) is 0 Å². The monoisotopic (exact) mass is 366 g/mol. The average Bonchev–Trinajstić information content (AvgIpc) is 2.13. The van der Waals surface area contributed by atoms with Gasteiger partial charge in [-0.05, 0) is 28.1 Å². The summed E-state index contributed by atoms with van der Waals surface area (Å²) in [7, 11) is 0.141. The quantitative estimate of drug-likeness (QED) is 0.816. The highest BCUT2D eigenvalue weighted by atomic mass is 79.9. The van der Waals surface area contributed by atoms with Gasteiger partial charge >= 0.3 is 12.1 Å². The lowest BCUT2D eigenvalue weighted by Crippen LogP contribution is -2.13. The SMILES string of the molecule is O=C(O)c1cc(S(=O)(=O)Cl)c(C(F)(F)F)cc1Br. The summed E-state index contributed by atoms with van der Waals surface area (Å²) < 4.78 is 59.5. The maximum absolute atomic E-state index is 12.6. The third kappa shape index (κ3) is 3.15. The van der Waals surface area contributed by atoms with Crippen LogP contribution in [0.15, 0.2) is 21.5 Å². The first-order chi connectivity index (χ1) is 7.94. The Bertz CT molecular complexity index is 612. The van der Waals surface area contributed by atoms with Crippen molar-refractivity contribution in [2.24, 2.45) is 0 Å². The second kappa shape index (κ2) is 4.71. The van der Waals surface area contributed by atoms with Crippen LogP contribution in [0.2, 0.25) is 0 Å². The highest BCUT2D eigenvalue weighted by Crippen LogP contribution is 2.38. The summed E-state index contributed by atoms with van der Waals surface area (Å²) >= 11 is 2.62. The van der Waals surface area contributed by atoms with Crippen LogP contribution in [-0.2, 0) is 15.2 Å². The van der Waals surface area contributed by atoms with Crippen LogP contribution in [0.1, 0.15) is 15.9 Å². The Morgan fingerprint density at radius 3 is 2.17 bits per heavy atom. The van der Waals surface area contributed by atoms with Crippen LogP contribution in [0, 0.1) is 0 Å². The van der Waals surface area contributed by atoms with Crippen LogP contribution in [0.5, 0.6) is 0 Å². The second-order valence-corrected chi connectivity index (χ2v) is 6.46. The molecule has 0 unspecified atom stereocenters. The molecule has 1 aromatic rings. The van der Waals surface area contributed by atoms with E-state index in [0.717, 1.165) is 0 Å². The molecule has 4 nitrogen and oxygen atoms in total. The van der Waals surface area contributed by atoms with Crippen molar-refractivity contribution in [2.75, 3.05) is 0 Å². The van der Waals surface area contributed by atoms with E-state index in [2.05, 4.69) is 15.9 Å². The number of hydrogen-bond acceptors (Lipinski definition) is 3. The molecule has 1 N–H and O–H groups in total. The van der Waals surface area contributed by atoms with Gasteiger partial charge in [0, 0.05) is 15.2 Å². The average molecular weight is 368 g/mol. The number of carboxylic acid groups (broad SMARTS) is 1. The number of aromatic carboxylic acids is 1. The van der Waals surface area contributed by atoms with Crippen LogP contribution < -0.4 is 0 Å². The Balaban J connectivity index is 3.75. The molecule has 1 aromatic carbocycles. The van der Waals surface area contributed by atoms with Gasteiger partial charge in [-0.15, -0.1) is 0 Å². The summed E-state index contributed by atoms with van der Waals surface area (Å²) in [6, 6.07) is 0.719. The third-order valence-electron chi connectivity index (χ3n) is 1.87. The molecule has 0 amide bonds. The van der Waals surface area contributed by atoms with E-state index in [1.54, 1.807) is 0 Å². The molecule has 0 heterocycles. The normalized spacial score (nSPS) is 12.5. The van der Waals surface area contributed by atoms with Crippen molar-refractivity contribution in [1.82, 2.24) is 0 Å². The molecule has 0 bridgehead atoms. The summed E-state index contributed by atoms with van der Waals surface area (Å²) in [5.74, 6) is -1.59. The number of benzene rings is 1. The fourth-order valence-corrected chi connectivity index (χ4v) is 2.73. The zero-order chi connectivity index (χ0) is 14.3. The van der Waals surface area contributed by atoms with Crippen molar-refractivity contribution in [1.29, 1.82) is 0 Å². The van der Waals surface area contributed by atoms with Crippen LogP contribution in [0.25, 0.3) is 0 Å². The summed E-state index contributed by atoms with van der Waals surface area (Å²) in [6.07, 6.45) is -4.98. The van der Waals surface area contributed by atoms with Gasteiger partial charge in [0.2, 0.25) is 0 Å². The minimum absolute atomic E-state index is 0.359. The maximum Gasteiger partial charge on any atom is 0.417 e. The molecule has 0 saturated heterocycles. The van der Waals surface area contributed by atoms with E-state index in [1.165, 1.54) is 0 Å². The lowest BCUT2D eigenvalue weighted by Gasteiger charge is -2.12. The molecule has 0 atom stereocenters. The number of rotatable bonds is 2. The molecule has 0 aliphatic carbocycles. The van der Waals surface area contributed by atoms with E-state index < -0.39 is 41.7 Å². The van der Waals surface area contributed by atoms with E-state index >= 15 is 0 Å². The fraction of sp³-hybridized carbons (Fsp3) is 0.125. The largest absolute Gasteiger partial charge is 0.478 e. The Labute approximate surface area is 112 Å². The molecule has 0 radical (unpaired) electrons. The Morgan fingerprint density at radius 2 is 1.83 bits per heavy atom. The summed E-state index contributed by atoms with van der Waals surface area (Å²) in [4.78, 5) is 9.42. The van der Waals surface area contributed by atoms with E-state index in [9.17, 15) is 26.4 Å². The smallest absolute Gasteiger partial charge is 0.417 e. The Hall–Kier alpha value is -0.800. The van der Waals surface area contributed by atoms with E-state index in [4.69, 9.17) is 15.8 Å². The zero-order valence-corrected chi connectivity index (χ0v) is 11.3. The first-order valence-corrected chi connectivity index (χ1v) is 7.13. The fourth-order valence-electron chi connectivity index (χ4n) is 1.14. The van der Waals surface area contributed by atoms with Crippen molar-refractivity contribution in [2.45, 2.75) is 11.1 Å². The van der Waals surface area contributed by atoms with Gasteiger partial charge in [-0.2, -0.15) is 13.2 Å². The van der Waals surface area contributed by atoms with Gasteiger partial charge in [-0.1, -0.05) is 0 Å². The molecule has 10 heteroatoms. The zero-order valence-electron chi connectivity index (χ0n) is 8.12. The van der Waals surface area contributed by atoms with E-state index in [1.807, 2.05) is 0 Å². The molecular weight excluding hydrogens is 365 g/mol. The summed E-state index contributed by atoms with van der Waals surface area (Å²) in [5, 5.41) is 8.70. The summed E-state index contributed by atoms with van der Waals surface area (Å²) in [6.45, 7) is 0. The number of carboxylic acids is 1. The number of carbonyl (C=O) groups is 1. The molecule has 0 fully saturated rings. The molecule has 1 rings (SSSR count). The first kappa shape index (κ1) is 15.3. The molecule has 0 spiro atoms. The highest BCUT2D eigenvalue weighted by Gasteiger charge is 2.38. The van der Waals surface area contributed by atoms with Gasteiger partial charge in [0.1, 0.15) is 0 Å². The minimum atomic E-state index is -4.98. The predicted octanol–water partition coefficient (Wildman–Crippen LogP) is 3.09. The molecule has 0 saturated carbocycles. The third-order valence-corrected chi connectivity index (χ3v) is 3.89. The Morgan fingerprint density at radius 1 is 1.33 bits per heavy atom. The summed E-state index contributed by atoms with van der Waals surface area (Å²) in [5.41, 5.74) is -2.17. The molecule has 100 valence electrons. The number of alkyl halides is 3. The molecule has 0 aliphatic heterocycles. The lowest BCUT2D eigenvalue weighted by molar-refractivity contribution is -0.139. The van der Waals surface area contributed by atoms with Gasteiger partial charge in [-0.25, -0.2) is 13.2 Å². The molecule has 0 aliphatic rings. The number of hydrogen-bond donors (Lipinski definition) is 1. The van der Waals surface area contributed by atoms with Crippen molar-refractivity contribution in [3.63, 3.8) is 0 Å². The molecule has 0 aromatic heterocycles. The van der Waals surface area contributed by atoms with Crippen LogP contribution in [-0.4, -0.2) is 19.5 Å². The predicted molar refractivity (Wildman–Crippen MR) is 59.1 cm³/mol. The molecular formula is C8H3BrClF3O4S. The Kier molecular flexibility index (Phi) is 3.99. The first-order valence-electron chi connectivity index (χ1n) is 4.03. The van der Waals surface area contributed by atoms with Crippen LogP contribution in [0.3, 0.4) is 0 Å². The van der Waals surface area contributed by atoms with Gasteiger partial charge in [0.05, 0.1) is 16.0 Å². The van der Waals surface area contributed by atoms with Crippen molar-refractivity contribution >= 4 is 41.6 Å². The standard InChI is InChI=1S/C8H3BrClF3O4S/c9-5-2-4(8(11,12)13)6(18(10,16)17)1-3(5)7(14)15/h1-2H,(H,14,15). The maximum atomic E-state index is 12.6. The topological polar surface area (TPSA) is 71.4 Å². The number of halogens is 5. The minimum Gasteiger partial charge on any atom is -0.478 e. The van der Waals surface area contributed by atoms with Gasteiger partial charge < -0.3 is 5.11 Å². The van der Waals surface area contributed by atoms with Gasteiger partial charge in [0.25, 0.3) is 9.05 Å². The van der Waals surface area contributed by atoms with Gasteiger partial charge in [0.15, 0.2) is 0 Å². The molecule has 18 heavy (non-hydrogen) atoms. The highest BCUT2D eigenvalue weighted by molar-refractivity contribution is 9.10. The van der Waals surface area contributed by atoms with Crippen molar-refractivity contribution < 1.29 is 31.5 Å². The van der Waals surface area contributed by atoms with E-state index in [-0.39, 0.29) is 0 Å². The lowest BCUT2D eigenvalue weighted by atomic mass is 10.1. The van der Waals surface area contributed by atoms with Crippen molar-refractivity contribution in [3.05, 3.63) is 27.7 Å². The van der Waals surface area contributed by atoms with E-state index in [0.29, 0.717) is 12.1 Å². The van der Waals surface area contributed by atoms with Gasteiger partial charge in [-0.3, -0.25) is 0 Å².